The van der Waals surface area contributed by atoms with E-state index in [0.717, 1.165) is 6.07 Å². The number of halogens is 7. The zero-order chi connectivity index (χ0) is 16.4. The Morgan fingerprint density at radius 3 is 2.24 bits per heavy atom. The van der Waals surface area contributed by atoms with E-state index >= 15 is 0 Å². The normalized spacial score (nSPS) is 12.6. The van der Waals surface area contributed by atoms with E-state index in [0.29, 0.717) is 6.07 Å². The molecule has 1 aromatic rings. The van der Waals surface area contributed by atoms with Crippen LogP contribution in [-0.4, -0.2) is 28.9 Å². The quantitative estimate of drug-likeness (QED) is 0.641. The number of rotatable bonds is 5. The van der Waals surface area contributed by atoms with Crippen LogP contribution in [-0.2, 0) is 6.18 Å². The maximum atomic E-state index is 12.8. The van der Waals surface area contributed by atoms with Crippen molar-refractivity contribution >= 4 is 23.0 Å². The van der Waals surface area contributed by atoms with Crippen molar-refractivity contribution in [2.24, 2.45) is 5.73 Å². The summed E-state index contributed by atoms with van der Waals surface area (Å²) in [5.74, 6) is -5.18. The Morgan fingerprint density at radius 1 is 1.24 bits per heavy atom. The van der Waals surface area contributed by atoms with Crippen molar-refractivity contribution < 1.29 is 30.7 Å². The summed E-state index contributed by atoms with van der Waals surface area (Å²) in [6, 6.07) is 1.37. The SMILES string of the molecule is NC(=S)c1ccc(C(F)(F)F)nc1NCC(F)(F)C(F)F. The van der Waals surface area contributed by atoms with Gasteiger partial charge in [-0.2, -0.15) is 22.0 Å². The lowest BCUT2D eigenvalue weighted by Gasteiger charge is -2.18. The molecule has 1 aromatic heterocycles. The first-order chi connectivity index (χ1) is 9.45. The van der Waals surface area contributed by atoms with Crippen LogP contribution in [0.4, 0.5) is 36.6 Å². The molecule has 0 atom stereocenters. The summed E-state index contributed by atoms with van der Waals surface area (Å²) in [7, 11) is 0. The fraction of sp³-hybridized carbons (Fsp3) is 0.400. The number of thiocarbonyl (C=S) groups is 1. The van der Waals surface area contributed by atoms with Gasteiger partial charge in [-0.1, -0.05) is 12.2 Å². The molecule has 0 spiro atoms. The molecule has 0 unspecified atom stereocenters. The van der Waals surface area contributed by atoms with Crippen molar-refractivity contribution in [3.05, 3.63) is 23.4 Å². The van der Waals surface area contributed by atoms with Gasteiger partial charge in [-0.05, 0) is 12.1 Å². The van der Waals surface area contributed by atoms with E-state index in [-0.39, 0.29) is 5.56 Å². The maximum absolute atomic E-state index is 12.8. The summed E-state index contributed by atoms with van der Waals surface area (Å²) in [5, 5.41) is 1.72. The molecule has 0 aliphatic carbocycles. The minimum atomic E-state index is -4.84. The van der Waals surface area contributed by atoms with Crippen molar-refractivity contribution in [1.82, 2.24) is 4.98 Å². The zero-order valence-electron chi connectivity index (χ0n) is 10.0. The predicted octanol–water partition coefficient (Wildman–Crippen LogP) is 3.05. The summed E-state index contributed by atoms with van der Waals surface area (Å²) in [6.07, 6.45) is -8.82. The molecule has 1 heterocycles. The van der Waals surface area contributed by atoms with Gasteiger partial charge < -0.3 is 11.1 Å². The number of nitrogens with two attached hydrogens (primary N) is 1. The maximum Gasteiger partial charge on any atom is 0.433 e. The molecule has 1 rings (SSSR count). The van der Waals surface area contributed by atoms with Gasteiger partial charge in [-0.25, -0.2) is 13.8 Å². The van der Waals surface area contributed by atoms with Gasteiger partial charge in [0.25, 0.3) is 0 Å². The lowest BCUT2D eigenvalue weighted by molar-refractivity contribution is -0.141. The molecule has 11 heteroatoms. The highest BCUT2D eigenvalue weighted by Gasteiger charge is 2.41. The Hall–Kier alpha value is -1.65. The van der Waals surface area contributed by atoms with Crippen LogP contribution in [0, 0.1) is 0 Å². The number of nitrogens with one attached hydrogen (secondary N) is 1. The van der Waals surface area contributed by atoms with Crippen molar-refractivity contribution in [3.63, 3.8) is 0 Å². The Labute approximate surface area is 119 Å². The summed E-state index contributed by atoms with van der Waals surface area (Å²) in [5.41, 5.74) is 3.55. The third-order valence-corrected chi connectivity index (χ3v) is 2.48. The number of anilines is 1. The summed E-state index contributed by atoms with van der Waals surface area (Å²) < 4.78 is 87.0. The molecule has 0 aromatic carbocycles. The first-order valence-corrected chi connectivity index (χ1v) is 5.64. The first kappa shape index (κ1) is 17.4. The van der Waals surface area contributed by atoms with Crippen LogP contribution < -0.4 is 11.1 Å². The molecular weight excluding hydrogens is 327 g/mol. The van der Waals surface area contributed by atoms with Crippen LogP contribution in [0.25, 0.3) is 0 Å². The van der Waals surface area contributed by atoms with E-state index in [4.69, 9.17) is 5.73 Å². The number of alkyl halides is 7. The van der Waals surface area contributed by atoms with Crippen molar-refractivity contribution in [2.45, 2.75) is 18.5 Å². The summed E-state index contributed by atoms with van der Waals surface area (Å²) in [4.78, 5) is 2.63. The van der Waals surface area contributed by atoms with Crippen molar-refractivity contribution in [3.8, 4) is 0 Å². The monoisotopic (exact) mass is 335 g/mol. The number of nitrogens with zero attached hydrogens (tertiary/aromatic N) is 1. The van der Waals surface area contributed by atoms with Crippen molar-refractivity contribution in [2.75, 3.05) is 11.9 Å². The second-order valence-electron chi connectivity index (χ2n) is 3.87. The lowest BCUT2D eigenvalue weighted by Crippen LogP contribution is -2.35. The molecule has 3 nitrogen and oxygen atoms in total. The van der Waals surface area contributed by atoms with E-state index < -0.39 is 41.6 Å². The minimum Gasteiger partial charge on any atom is -0.389 e. The number of hydrogen-bond acceptors (Lipinski definition) is 3. The second-order valence-corrected chi connectivity index (χ2v) is 4.31. The third kappa shape index (κ3) is 4.41. The van der Waals surface area contributed by atoms with Crippen LogP contribution in [0.3, 0.4) is 0 Å². The Kier molecular flexibility index (Phi) is 4.97. The Balaban J connectivity index is 3.11. The van der Waals surface area contributed by atoms with Crippen molar-refractivity contribution in [1.29, 1.82) is 0 Å². The molecule has 0 fully saturated rings. The number of aromatic nitrogens is 1. The van der Waals surface area contributed by atoms with Gasteiger partial charge in [0.05, 0.1) is 12.1 Å². The van der Waals surface area contributed by atoms with Gasteiger partial charge in [-0.15, -0.1) is 0 Å². The number of pyridine rings is 1. The van der Waals surface area contributed by atoms with E-state index in [1.54, 1.807) is 5.32 Å². The molecule has 0 aliphatic heterocycles. The standard InChI is InChI=1S/C10H8F7N3S/c11-8(12)9(13,14)3-19-7-4(6(18)21)1-2-5(20-7)10(15,16)17/h1-2,8H,3H2,(H2,18,21)(H,19,20). The smallest absolute Gasteiger partial charge is 0.389 e. The zero-order valence-corrected chi connectivity index (χ0v) is 10.8. The fourth-order valence-corrected chi connectivity index (χ4v) is 1.39. The first-order valence-electron chi connectivity index (χ1n) is 5.23. The van der Waals surface area contributed by atoms with Gasteiger partial charge >= 0.3 is 18.5 Å². The molecule has 0 aliphatic rings. The lowest BCUT2D eigenvalue weighted by atomic mass is 10.2. The highest BCUT2D eigenvalue weighted by atomic mass is 32.1. The van der Waals surface area contributed by atoms with E-state index in [1.807, 2.05) is 0 Å². The average molecular weight is 335 g/mol. The van der Waals surface area contributed by atoms with E-state index in [9.17, 15) is 30.7 Å². The highest BCUT2D eigenvalue weighted by molar-refractivity contribution is 7.80. The third-order valence-electron chi connectivity index (χ3n) is 2.26. The summed E-state index contributed by atoms with van der Waals surface area (Å²) >= 11 is 4.53. The Morgan fingerprint density at radius 2 is 1.81 bits per heavy atom. The van der Waals surface area contributed by atoms with E-state index in [1.165, 1.54) is 0 Å². The van der Waals surface area contributed by atoms with Gasteiger partial charge in [0.1, 0.15) is 16.5 Å². The Bertz CT molecular complexity index is 530. The van der Waals surface area contributed by atoms with Gasteiger partial charge in [0, 0.05) is 0 Å². The molecule has 0 amide bonds. The van der Waals surface area contributed by atoms with Crippen LogP contribution >= 0.6 is 12.2 Å². The fourth-order valence-electron chi connectivity index (χ4n) is 1.23. The van der Waals surface area contributed by atoms with Crippen LogP contribution in [0.15, 0.2) is 12.1 Å². The summed E-state index contributed by atoms with van der Waals surface area (Å²) in [6.45, 7) is -1.62. The highest BCUT2D eigenvalue weighted by Crippen LogP contribution is 2.30. The van der Waals surface area contributed by atoms with Gasteiger partial charge in [-0.3, -0.25) is 0 Å². The molecule has 3 N–H and O–H groups in total. The average Bonchev–Trinajstić information content (AvgIpc) is 2.34. The largest absolute Gasteiger partial charge is 0.433 e. The molecular formula is C10H8F7N3S. The number of hydrogen-bond donors (Lipinski definition) is 2. The van der Waals surface area contributed by atoms with E-state index in [2.05, 4.69) is 17.2 Å². The minimum absolute atomic E-state index is 0.261. The van der Waals surface area contributed by atoms with Gasteiger partial charge in [0.15, 0.2) is 0 Å². The topological polar surface area (TPSA) is 50.9 Å². The van der Waals surface area contributed by atoms with Crippen LogP contribution in [0.2, 0.25) is 0 Å². The molecule has 0 saturated heterocycles. The molecule has 0 saturated carbocycles. The molecule has 0 radical (unpaired) electrons. The molecule has 118 valence electrons. The van der Waals surface area contributed by atoms with Gasteiger partial charge in [0.2, 0.25) is 0 Å². The second kappa shape index (κ2) is 6.00. The predicted molar refractivity (Wildman–Crippen MR) is 64.6 cm³/mol. The van der Waals surface area contributed by atoms with Crippen LogP contribution in [0.5, 0.6) is 0 Å². The van der Waals surface area contributed by atoms with Crippen LogP contribution in [0.1, 0.15) is 11.3 Å². The molecule has 0 bridgehead atoms. The molecule has 21 heavy (non-hydrogen) atoms.